The van der Waals surface area contributed by atoms with E-state index >= 15 is 0 Å². The average Bonchev–Trinajstić information content (AvgIpc) is 3.21. The lowest BCUT2D eigenvalue weighted by molar-refractivity contribution is 0.249. The van der Waals surface area contributed by atoms with Gasteiger partial charge in [0.05, 0.1) is 40.6 Å². The van der Waals surface area contributed by atoms with Crippen molar-refractivity contribution in [2.45, 2.75) is 38.8 Å². The quantitative estimate of drug-likeness (QED) is 0.547. The van der Waals surface area contributed by atoms with Crippen molar-refractivity contribution in [2.24, 2.45) is 0 Å². The van der Waals surface area contributed by atoms with E-state index in [1.807, 2.05) is 17.6 Å². The van der Waals surface area contributed by atoms with Crippen molar-refractivity contribution in [3.05, 3.63) is 29.8 Å². The van der Waals surface area contributed by atoms with Crippen LogP contribution in [0.3, 0.4) is 0 Å². The Labute approximate surface area is 188 Å². The molecule has 0 saturated carbocycles. The molecule has 1 aliphatic rings. The van der Waals surface area contributed by atoms with Crippen LogP contribution in [0.5, 0.6) is 5.75 Å². The molecule has 8 heteroatoms. The second-order valence-electron chi connectivity index (χ2n) is 8.54. The van der Waals surface area contributed by atoms with E-state index in [0.717, 1.165) is 53.3 Å². The summed E-state index contributed by atoms with van der Waals surface area (Å²) in [6.07, 6.45) is 4.17. The van der Waals surface area contributed by atoms with Gasteiger partial charge in [0.25, 0.3) is 0 Å². The predicted molar refractivity (Wildman–Crippen MR) is 131 cm³/mol. The summed E-state index contributed by atoms with van der Waals surface area (Å²) in [5, 5.41) is 9.01. The highest BCUT2D eigenvalue weighted by Gasteiger charge is 2.24. The highest BCUT2D eigenvalue weighted by molar-refractivity contribution is 7.17. The molecule has 0 atom stereocenters. The first-order chi connectivity index (χ1) is 14.9. The van der Waals surface area contributed by atoms with Crippen LogP contribution in [-0.2, 0) is 0 Å². The molecule has 0 amide bonds. The van der Waals surface area contributed by atoms with E-state index in [4.69, 9.17) is 4.74 Å². The maximum absolute atomic E-state index is 5.76. The Bertz CT molecular complexity index is 1030. The summed E-state index contributed by atoms with van der Waals surface area (Å²) in [7, 11) is 6.05. The van der Waals surface area contributed by atoms with Gasteiger partial charge in [-0.15, -0.1) is 11.3 Å². The molecule has 2 N–H and O–H groups in total. The Hall–Kier alpha value is -2.58. The third-order valence-corrected chi connectivity index (χ3v) is 6.59. The number of thiophene rings is 1. The molecule has 2 aromatic heterocycles. The zero-order chi connectivity index (χ0) is 22.0. The topological polar surface area (TPSA) is 65.6 Å². The van der Waals surface area contributed by atoms with Gasteiger partial charge in [0.15, 0.2) is 0 Å². The van der Waals surface area contributed by atoms with Gasteiger partial charge in [-0.05, 0) is 58.3 Å². The van der Waals surface area contributed by atoms with Crippen LogP contribution in [0.2, 0.25) is 0 Å². The van der Waals surface area contributed by atoms with Crippen LogP contribution in [0, 0.1) is 0 Å². The molecule has 3 aromatic rings. The SMILES string of the molecule is COc1cc(N2CCC(N(C)C)CC2)c(NC(C)C)cc1Nc1ncc2sccc2n1. The van der Waals surface area contributed by atoms with E-state index in [1.54, 1.807) is 18.4 Å². The molecular formula is C23H32N6OS. The van der Waals surface area contributed by atoms with Gasteiger partial charge in [-0.2, -0.15) is 0 Å². The molecule has 0 unspecified atom stereocenters. The first kappa shape index (κ1) is 21.6. The number of anilines is 4. The molecular weight excluding hydrogens is 408 g/mol. The highest BCUT2D eigenvalue weighted by atomic mass is 32.1. The summed E-state index contributed by atoms with van der Waals surface area (Å²) in [6, 6.07) is 7.22. The second kappa shape index (κ2) is 9.28. The summed E-state index contributed by atoms with van der Waals surface area (Å²) < 4.78 is 6.84. The van der Waals surface area contributed by atoms with E-state index in [1.165, 1.54) is 5.69 Å². The second-order valence-corrected chi connectivity index (χ2v) is 9.49. The molecule has 7 nitrogen and oxygen atoms in total. The van der Waals surface area contributed by atoms with E-state index < -0.39 is 0 Å². The van der Waals surface area contributed by atoms with Crippen LogP contribution < -0.4 is 20.3 Å². The van der Waals surface area contributed by atoms with Crippen LogP contribution in [0.4, 0.5) is 23.0 Å². The van der Waals surface area contributed by atoms with Crippen LogP contribution >= 0.6 is 11.3 Å². The molecule has 31 heavy (non-hydrogen) atoms. The lowest BCUT2D eigenvalue weighted by atomic mass is 10.0. The van der Waals surface area contributed by atoms with E-state index in [0.29, 0.717) is 18.0 Å². The van der Waals surface area contributed by atoms with Gasteiger partial charge < -0.3 is 25.2 Å². The van der Waals surface area contributed by atoms with Gasteiger partial charge in [0.1, 0.15) is 5.75 Å². The van der Waals surface area contributed by atoms with Crippen molar-refractivity contribution in [3.8, 4) is 5.75 Å². The van der Waals surface area contributed by atoms with Crippen LogP contribution in [0.1, 0.15) is 26.7 Å². The smallest absolute Gasteiger partial charge is 0.227 e. The summed E-state index contributed by atoms with van der Waals surface area (Å²) in [4.78, 5) is 13.9. The van der Waals surface area contributed by atoms with Gasteiger partial charge in [-0.25, -0.2) is 9.97 Å². The summed E-state index contributed by atoms with van der Waals surface area (Å²) >= 11 is 1.64. The van der Waals surface area contributed by atoms with Crippen LogP contribution in [0.25, 0.3) is 10.2 Å². The maximum atomic E-state index is 5.76. The number of rotatable bonds is 7. The van der Waals surface area contributed by atoms with Crippen LogP contribution in [0.15, 0.2) is 29.8 Å². The zero-order valence-corrected chi connectivity index (χ0v) is 19.8. The number of nitrogens with one attached hydrogen (secondary N) is 2. The number of hydrogen-bond donors (Lipinski definition) is 2. The minimum atomic E-state index is 0.317. The van der Waals surface area contributed by atoms with Crippen molar-refractivity contribution >= 4 is 44.6 Å². The largest absolute Gasteiger partial charge is 0.494 e. The van der Waals surface area contributed by atoms with Crippen molar-refractivity contribution < 1.29 is 4.74 Å². The predicted octanol–water partition coefficient (Wildman–Crippen LogP) is 4.79. The van der Waals surface area contributed by atoms with Gasteiger partial charge in [0, 0.05) is 31.2 Å². The minimum Gasteiger partial charge on any atom is -0.494 e. The molecule has 0 spiro atoms. The Morgan fingerprint density at radius 2 is 1.97 bits per heavy atom. The normalized spacial score (nSPS) is 15.1. The lowest BCUT2D eigenvalue weighted by Crippen LogP contribution is -2.42. The van der Waals surface area contributed by atoms with Gasteiger partial charge in [-0.3, -0.25) is 0 Å². The minimum absolute atomic E-state index is 0.317. The fourth-order valence-corrected chi connectivity index (χ4v) is 4.79. The van der Waals surface area contributed by atoms with Crippen molar-refractivity contribution in [3.63, 3.8) is 0 Å². The molecule has 0 aliphatic carbocycles. The number of piperidine rings is 1. The molecule has 0 bridgehead atoms. The summed E-state index contributed by atoms with van der Waals surface area (Å²) in [6.45, 7) is 6.38. The molecule has 1 aromatic carbocycles. The number of hydrogen-bond acceptors (Lipinski definition) is 8. The molecule has 1 aliphatic heterocycles. The number of aromatic nitrogens is 2. The third kappa shape index (κ3) is 4.85. The van der Waals surface area contributed by atoms with Crippen molar-refractivity contribution in [1.82, 2.24) is 14.9 Å². The van der Waals surface area contributed by atoms with Crippen LogP contribution in [-0.4, -0.2) is 61.2 Å². The monoisotopic (exact) mass is 440 g/mol. The summed E-state index contributed by atoms with van der Waals surface area (Å²) in [5.41, 5.74) is 4.08. The molecule has 4 rings (SSSR count). The Morgan fingerprint density at radius 1 is 1.19 bits per heavy atom. The Morgan fingerprint density at radius 3 is 2.65 bits per heavy atom. The fourth-order valence-electron chi connectivity index (χ4n) is 4.09. The average molecular weight is 441 g/mol. The maximum Gasteiger partial charge on any atom is 0.227 e. The molecule has 0 radical (unpaired) electrons. The van der Waals surface area contributed by atoms with E-state index in [9.17, 15) is 0 Å². The standard InChI is InChI=1S/C23H32N6OS/c1-15(2)25-18-12-19(27-23-24-14-22-17(26-23)8-11-31-22)21(30-5)13-20(18)29-9-6-16(7-10-29)28(3)4/h8,11-16,25H,6-7,9-10H2,1-5H3,(H,24,26,27). The number of benzene rings is 1. The van der Waals surface area contributed by atoms with Gasteiger partial charge in [0.2, 0.25) is 5.95 Å². The number of nitrogens with zero attached hydrogens (tertiary/aromatic N) is 4. The van der Waals surface area contributed by atoms with Crippen molar-refractivity contribution in [2.75, 3.05) is 49.8 Å². The first-order valence-corrected chi connectivity index (χ1v) is 11.7. The van der Waals surface area contributed by atoms with Gasteiger partial charge in [-0.1, -0.05) is 0 Å². The third-order valence-electron chi connectivity index (χ3n) is 5.75. The zero-order valence-electron chi connectivity index (χ0n) is 19.0. The Balaban J connectivity index is 1.64. The molecule has 1 fully saturated rings. The molecule has 1 saturated heterocycles. The number of methoxy groups -OCH3 is 1. The lowest BCUT2D eigenvalue weighted by Gasteiger charge is -2.37. The number of ether oxygens (including phenoxy) is 1. The number of fused-ring (bicyclic) bond motifs is 1. The summed E-state index contributed by atoms with van der Waals surface area (Å²) in [5.74, 6) is 1.35. The van der Waals surface area contributed by atoms with E-state index in [2.05, 4.69) is 70.5 Å². The van der Waals surface area contributed by atoms with Gasteiger partial charge >= 0.3 is 0 Å². The first-order valence-electron chi connectivity index (χ1n) is 10.8. The highest BCUT2D eigenvalue weighted by Crippen LogP contribution is 2.39. The fraction of sp³-hybridized carbons (Fsp3) is 0.478. The molecule has 166 valence electrons. The molecule has 3 heterocycles. The Kier molecular flexibility index (Phi) is 6.48. The van der Waals surface area contributed by atoms with E-state index in [-0.39, 0.29) is 0 Å². The van der Waals surface area contributed by atoms with Crippen molar-refractivity contribution in [1.29, 1.82) is 0 Å².